The van der Waals surface area contributed by atoms with Gasteiger partial charge in [-0.15, -0.1) is 13.2 Å². The molecule has 0 radical (unpaired) electrons. The van der Waals surface area contributed by atoms with Gasteiger partial charge in [0.1, 0.15) is 10.6 Å². The van der Waals surface area contributed by atoms with Crippen molar-refractivity contribution in [3.05, 3.63) is 24.3 Å². The fraction of sp³-hybridized carbons (Fsp3) is 0.455. The minimum atomic E-state index is -5.01. The van der Waals surface area contributed by atoms with Crippen molar-refractivity contribution in [2.45, 2.75) is 30.3 Å². The van der Waals surface area contributed by atoms with Crippen LogP contribution < -0.4 is 15.2 Å². The van der Waals surface area contributed by atoms with Gasteiger partial charge in [-0.1, -0.05) is 12.1 Å². The van der Waals surface area contributed by atoms with Crippen molar-refractivity contribution in [3.8, 4) is 5.75 Å². The third-order valence-corrected chi connectivity index (χ3v) is 3.96. The average molecular weight is 328 g/mol. The van der Waals surface area contributed by atoms with Crippen LogP contribution in [0.5, 0.6) is 5.75 Å². The molecule has 0 saturated heterocycles. The Hall–Kier alpha value is -1.36. The number of nitrogens with one attached hydrogen (secondary N) is 1. The molecule has 0 bridgehead atoms. The van der Waals surface area contributed by atoms with Crippen LogP contribution in [0.3, 0.4) is 0 Å². The molecule has 0 heterocycles. The Morgan fingerprint density at radius 2 is 1.95 bits per heavy atom. The van der Waals surface area contributed by atoms with Crippen LogP contribution in [0.4, 0.5) is 13.2 Å². The Bertz CT molecular complexity index is 575. The van der Waals surface area contributed by atoms with Gasteiger partial charge in [0.25, 0.3) is 0 Å². The quantitative estimate of drug-likeness (QED) is 0.709. The number of hydrogen-bond acceptors (Lipinski definition) is 5. The summed E-state index contributed by atoms with van der Waals surface area (Å²) in [6, 6.07) is 3.43. The molecule has 6 nitrogen and oxygen atoms in total. The van der Waals surface area contributed by atoms with Gasteiger partial charge in [0.2, 0.25) is 10.0 Å². The molecule has 1 aromatic rings. The first-order chi connectivity index (χ1) is 9.53. The van der Waals surface area contributed by atoms with E-state index in [2.05, 4.69) is 4.74 Å². The molecule has 4 N–H and O–H groups in total. The summed E-state index contributed by atoms with van der Waals surface area (Å²) in [5, 5.41) is 9.16. The molecule has 2 atom stereocenters. The van der Waals surface area contributed by atoms with Crippen LogP contribution in [0, 0.1) is 0 Å². The highest BCUT2D eigenvalue weighted by Gasteiger charge is 2.34. The fourth-order valence-electron chi connectivity index (χ4n) is 1.34. The zero-order valence-electron chi connectivity index (χ0n) is 11.0. The van der Waals surface area contributed by atoms with Gasteiger partial charge in [-0.3, -0.25) is 0 Å². The predicted molar refractivity (Wildman–Crippen MR) is 68.0 cm³/mol. The lowest BCUT2D eigenvalue weighted by atomic mass is 10.2. The molecule has 0 saturated carbocycles. The van der Waals surface area contributed by atoms with E-state index in [1.165, 1.54) is 19.1 Å². The van der Waals surface area contributed by atoms with Crippen LogP contribution in [0.1, 0.15) is 6.92 Å². The van der Waals surface area contributed by atoms with Gasteiger partial charge in [0, 0.05) is 12.6 Å². The lowest BCUT2D eigenvalue weighted by Gasteiger charge is -2.17. The summed E-state index contributed by atoms with van der Waals surface area (Å²) >= 11 is 0. The summed E-state index contributed by atoms with van der Waals surface area (Å²) in [5.41, 5.74) is 5.45. The van der Waals surface area contributed by atoms with Crippen LogP contribution in [0.15, 0.2) is 29.2 Å². The van der Waals surface area contributed by atoms with Crippen molar-refractivity contribution in [2.24, 2.45) is 5.73 Å². The van der Waals surface area contributed by atoms with E-state index in [0.29, 0.717) is 0 Å². The number of ether oxygens (including phenoxy) is 1. The zero-order valence-corrected chi connectivity index (χ0v) is 11.8. The SMILES string of the molecule is CC(O)C(N)CNS(=O)(=O)c1ccccc1OC(F)(F)F. The van der Waals surface area contributed by atoms with E-state index >= 15 is 0 Å². The van der Waals surface area contributed by atoms with Crippen molar-refractivity contribution in [2.75, 3.05) is 6.54 Å². The van der Waals surface area contributed by atoms with E-state index < -0.39 is 39.2 Å². The molecule has 0 amide bonds. The topological polar surface area (TPSA) is 102 Å². The minimum absolute atomic E-state index is 0.333. The van der Waals surface area contributed by atoms with E-state index in [1.54, 1.807) is 0 Å². The number of nitrogens with two attached hydrogens (primary N) is 1. The zero-order chi connectivity index (χ0) is 16.3. The highest BCUT2D eigenvalue weighted by atomic mass is 32.2. The van der Waals surface area contributed by atoms with Crippen LogP contribution in [0.2, 0.25) is 0 Å². The Balaban J connectivity index is 2.98. The highest BCUT2D eigenvalue weighted by molar-refractivity contribution is 7.89. The maximum Gasteiger partial charge on any atom is 0.573 e. The molecule has 0 aliphatic carbocycles. The normalized spacial score (nSPS) is 15.5. The Labute approximate surface area is 119 Å². The van der Waals surface area contributed by atoms with Crippen molar-refractivity contribution in [1.29, 1.82) is 0 Å². The molecule has 1 rings (SSSR count). The third-order valence-electron chi connectivity index (χ3n) is 2.49. The molecule has 0 aliphatic heterocycles. The molecule has 0 aliphatic rings. The second-order valence-electron chi connectivity index (χ2n) is 4.25. The third kappa shape index (κ3) is 5.50. The van der Waals surface area contributed by atoms with Gasteiger partial charge in [0.05, 0.1) is 6.10 Å². The van der Waals surface area contributed by atoms with Gasteiger partial charge >= 0.3 is 6.36 Å². The number of alkyl halides is 3. The average Bonchev–Trinajstić information content (AvgIpc) is 2.34. The molecular formula is C11H15F3N2O4S. The number of rotatable bonds is 6. The molecule has 21 heavy (non-hydrogen) atoms. The van der Waals surface area contributed by atoms with E-state index in [0.717, 1.165) is 12.1 Å². The number of hydrogen-bond donors (Lipinski definition) is 3. The first-order valence-electron chi connectivity index (χ1n) is 5.81. The second-order valence-corrected chi connectivity index (χ2v) is 5.99. The van der Waals surface area contributed by atoms with Gasteiger partial charge in [0.15, 0.2) is 0 Å². The summed E-state index contributed by atoms with van der Waals surface area (Å²) in [6.07, 6.45) is -5.99. The summed E-state index contributed by atoms with van der Waals surface area (Å²) in [6.45, 7) is 1.03. The summed E-state index contributed by atoms with van der Waals surface area (Å²) in [5.74, 6) is -0.844. The summed E-state index contributed by atoms with van der Waals surface area (Å²) in [7, 11) is -4.26. The molecule has 0 spiro atoms. The fourth-order valence-corrected chi connectivity index (χ4v) is 2.54. The molecule has 2 unspecified atom stereocenters. The van der Waals surface area contributed by atoms with E-state index in [-0.39, 0.29) is 6.54 Å². The Morgan fingerprint density at radius 3 is 2.48 bits per heavy atom. The Morgan fingerprint density at radius 1 is 1.38 bits per heavy atom. The number of halogens is 3. The van der Waals surface area contributed by atoms with Crippen LogP contribution in [-0.4, -0.2) is 38.6 Å². The highest BCUT2D eigenvalue weighted by Crippen LogP contribution is 2.29. The van der Waals surface area contributed by atoms with E-state index in [9.17, 15) is 21.6 Å². The number of para-hydroxylation sites is 1. The van der Waals surface area contributed by atoms with Gasteiger partial charge < -0.3 is 15.6 Å². The monoisotopic (exact) mass is 328 g/mol. The summed E-state index contributed by atoms with van der Waals surface area (Å²) < 4.78 is 66.4. The maximum atomic E-state index is 12.2. The first-order valence-corrected chi connectivity index (χ1v) is 7.29. The number of sulfonamides is 1. The number of aliphatic hydroxyl groups is 1. The summed E-state index contributed by atoms with van der Waals surface area (Å²) in [4.78, 5) is -0.667. The largest absolute Gasteiger partial charge is 0.573 e. The number of benzene rings is 1. The molecule has 0 fully saturated rings. The molecule has 10 heteroatoms. The van der Waals surface area contributed by atoms with Gasteiger partial charge in [-0.05, 0) is 19.1 Å². The predicted octanol–water partition coefficient (Wildman–Crippen LogP) is 0.572. The lowest BCUT2D eigenvalue weighted by Crippen LogP contribution is -2.43. The van der Waals surface area contributed by atoms with Crippen molar-refractivity contribution < 1.29 is 31.4 Å². The second kappa shape index (κ2) is 6.60. The smallest absolute Gasteiger partial charge is 0.404 e. The maximum absolute atomic E-state index is 12.2. The van der Waals surface area contributed by atoms with E-state index in [1.807, 2.05) is 4.72 Å². The van der Waals surface area contributed by atoms with Crippen LogP contribution in [0.25, 0.3) is 0 Å². The van der Waals surface area contributed by atoms with E-state index in [4.69, 9.17) is 10.8 Å². The van der Waals surface area contributed by atoms with Gasteiger partial charge in [-0.2, -0.15) is 0 Å². The standard InChI is InChI=1S/C11H15F3N2O4S/c1-7(17)8(15)6-16-21(18,19)10-5-3-2-4-9(10)20-11(12,13)14/h2-5,7-8,16-17H,6,15H2,1H3. The first kappa shape index (κ1) is 17.7. The molecular weight excluding hydrogens is 313 g/mol. The van der Waals surface area contributed by atoms with Crippen LogP contribution >= 0.6 is 0 Å². The van der Waals surface area contributed by atoms with Crippen molar-refractivity contribution in [3.63, 3.8) is 0 Å². The van der Waals surface area contributed by atoms with Crippen molar-refractivity contribution >= 4 is 10.0 Å². The lowest BCUT2D eigenvalue weighted by molar-refractivity contribution is -0.275. The Kier molecular flexibility index (Phi) is 5.56. The molecule has 120 valence electrons. The van der Waals surface area contributed by atoms with Crippen LogP contribution in [-0.2, 0) is 10.0 Å². The molecule has 0 aromatic heterocycles. The molecule has 1 aromatic carbocycles. The number of aliphatic hydroxyl groups excluding tert-OH is 1. The minimum Gasteiger partial charge on any atom is -0.404 e. The van der Waals surface area contributed by atoms with Crippen molar-refractivity contribution in [1.82, 2.24) is 4.72 Å². The van der Waals surface area contributed by atoms with Gasteiger partial charge in [-0.25, -0.2) is 13.1 Å².